The van der Waals surface area contributed by atoms with Crippen molar-refractivity contribution in [1.82, 2.24) is 4.98 Å². The number of nitrogens with zero attached hydrogens (tertiary/aromatic N) is 2. The lowest BCUT2D eigenvalue weighted by molar-refractivity contribution is -0.137. The molecule has 0 N–H and O–H groups in total. The van der Waals surface area contributed by atoms with Gasteiger partial charge in [0.25, 0.3) is 0 Å². The zero-order valence-corrected chi connectivity index (χ0v) is 10.4. The molecule has 0 aliphatic heterocycles. The van der Waals surface area contributed by atoms with Crippen molar-refractivity contribution in [3.05, 3.63) is 29.6 Å². The van der Waals surface area contributed by atoms with Crippen LogP contribution >= 0.6 is 11.6 Å². The molecular weight excluding hydrogens is 269 g/mol. The molecule has 1 aromatic heterocycles. The first kappa shape index (κ1) is 14.8. The second-order valence-electron chi connectivity index (χ2n) is 3.48. The Morgan fingerprint density at radius 3 is 2.67 bits per heavy atom. The van der Waals surface area contributed by atoms with Gasteiger partial charge in [0.2, 0.25) is 0 Å². The number of hydrogen-bond acceptors (Lipinski definition) is 3. The van der Waals surface area contributed by atoms with Crippen molar-refractivity contribution in [3.63, 3.8) is 0 Å². The highest BCUT2D eigenvalue weighted by Crippen LogP contribution is 2.28. The fraction of sp³-hybridized carbons (Fsp3) is 0.455. The van der Waals surface area contributed by atoms with Crippen molar-refractivity contribution in [1.29, 1.82) is 0 Å². The summed E-state index contributed by atoms with van der Waals surface area (Å²) in [6, 6.07) is 2.21. The highest BCUT2D eigenvalue weighted by molar-refractivity contribution is 6.17. The molecule has 0 aliphatic rings. The molecule has 1 aromatic rings. The molecule has 18 heavy (non-hydrogen) atoms. The quantitative estimate of drug-likeness (QED) is 0.358. The second-order valence-corrected chi connectivity index (χ2v) is 3.86. The van der Waals surface area contributed by atoms with Crippen molar-refractivity contribution in [2.24, 2.45) is 5.16 Å². The molecule has 3 nitrogen and oxygen atoms in total. The zero-order chi connectivity index (χ0) is 13.6. The molecule has 7 heteroatoms. The summed E-state index contributed by atoms with van der Waals surface area (Å²) in [5, 5.41) is 3.74. The van der Waals surface area contributed by atoms with E-state index >= 15 is 0 Å². The molecule has 1 rings (SSSR count). The first-order valence-electron chi connectivity index (χ1n) is 5.21. The Morgan fingerprint density at radius 1 is 1.44 bits per heavy atom. The van der Waals surface area contributed by atoms with Crippen LogP contribution in [-0.2, 0) is 11.0 Å². The number of alkyl halides is 4. The van der Waals surface area contributed by atoms with Gasteiger partial charge in [0.15, 0.2) is 0 Å². The molecule has 0 amide bonds. The minimum atomic E-state index is -4.38. The number of rotatable bonds is 5. The Kier molecular flexibility index (Phi) is 5.40. The molecular formula is C11H12ClF3N2O. The molecule has 0 spiro atoms. The van der Waals surface area contributed by atoms with Crippen LogP contribution < -0.4 is 0 Å². The zero-order valence-electron chi connectivity index (χ0n) is 9.67. The van der Waals surface area contributed by atoms with E-state index in [0.29, 0.717) is 30.3 Å². The maximum absolute atomic E-state index is 12.3. The Bertz CT molecular complexity index is 404. The lowest BCUT2D eigenvalue weighted by Gasteiger charge is -2.06. The molecule has 0 saturated heterocycles. The Balaban J connectivity index is 2.67. The average Bonchev–Trinajstić information content (AvgIpc) is 2.33. The van der Waals surface area contributed by atoms with E-state index in [1.807, 2.05) is 0 Å². The van der Waals surface area contributed by atoms with E-state index in [1.54, 1.807) is 6.92 Å². The molecule has 0 aromatic carbocycles. The SMILES string of the molecule is C/C(=N\OCCCCl)c1ccc(C(F)(F)F)cn1. The highest BCUT2D eigenvalue weighted by Gasteiger charge is 2.30. The molecule has 0 bridgehead atoms. The smallest absolute Gasteiger partial charge is 0.395 e. The van der Waals surface area contributed by atoms with Gasteiger partial charge in [0.1, 0.15) is 12.3 Å². The summed E-state index contributed by atoms with van der Waals surface area (Å²) in [6.07, 6.45) is -2.96. The minimum Gasteiger partial charge on any atom is -0.395 e. The molecule has 1 heterocycles. The number of hydrogen-bond donors (Lipinski definition) is 0. The van der Waals surface area contributed by atoms with Gasteiger partial charge in [-0.05, 0) is 25.5 Å². The van der Waals surface area contributed by atoms with Gasteiger partial charge in [-0.3, -0.25) is 4.98 Å². The summed E-state index contributed by atoms with van der Waals surface area (Å²) in [5.41, 5.74) is -0.0331. The standard InChI is InChI=1S/C11H12ClF3N2O/c1-8(17-18-6-2-5-12)10-4-3-9(7-16-10)11(13,14)15/h3-4,7H,2,5-6H2,1H3/b17-8+. The predicted octanol–water partition coefficient (Wildman–Crippen LogP) is 3.47. The largest absolute Gasteiger partial charge is 0.417 e. The third kappa shape index (κ3) is 4.52. The van der Waals surface area contributed by atoms with Crippen molar-refractivity contribution >= 4 is 17.3 Å². The van der Waals surface area contributed by atoms with Crippen LogP contribution in [-0.4, -0.2) is 23.2 Å². The van der Waals surface area contributed by atoms with Crippen LogP contribution in [0.25, 0.3) is 0 Å². The van der Waals surface area contributed by atoms with Gasteiger partial charge >= 0.3 is 6.18 Å². The van der Waals surface area contributed by atoms with Gasteiger partial charge in [0, 0.05) is 12.1 Å². The normalized spacial score (nSPS) is 12.6. The summed E-state index contributed by atoms with van der Waals surface area (Å²) >= 11 is 5.45. The third-order valence-corrected chi connectivity index (χ3v) is 2.30. The number of halogens is 4. The van der Waals surface area contributed by atoms with Crippen molar-refractivity contribution < 1.29 is 18.0 Å². The molecule has 0 aliphatic carbocycles. The highest BCUT2D eigenvalue weighted by atomic mass is 35.5. The van der Waals surface area contributed by atoms with Crippen LogP contribution in [0.3, 0.4) is 0 Å². The van der Waals surface area contributed by atoms with E-state index in [0.717, 1.165) is 12.3 Å². The average molecular weight is 281 g/mol. The van der Waals surface area contributed by atoms with Gasteiger partial charge in [-0.15, -0.1) is 11.6 Å². The second kappa shape index (κ2) is 6.58. The van der Waals surface area contributed by atoms with E-state index in [1.165, 1.54) is 6.07 Å². The minimum absolute atomic E-state index is 0.342. The lowest BCUT2D eigenvalue weighted by atomic mass is 10.2. The molecule has 0 radical (unpaired) electrons. The summed E-state index contributed by atoms with van der Waals surface area (Å²) in [5.74, 6) is 0.465. The molecule has 0 saturated carbocycles. The van der Waals surface area contributed by atoms with Crippen molar-refractivity contribution in [2.45, 2.75) is 19.5 Å². The maximum Gasteiger partial charge on any atom is 0.417 e. The monoisotopic (exact) mass is 280 g/mol. The molecule has 100 valence electrons. The van der Waals surface area contributed by atoms with Crippen molar-refractivity contribution in [2.75, 3.05) is 12.5 Å². The number of pyridine rings is 1. The van der Waals surface area contributed by atoms with Gasteiger partial charge in [-0.25, -0.2) is 0 Å². The van der Waals surface area contributed by atoms with E-state index in [4.69, 9.17) is 16.4 Å². The van der Waals surface area contributed by atoms with Crippen molar-refractivity contribution in [3.8, 4) is 0 Å². The Hall–Kier alpha value is -1.30. The molecule has 0 fully saturated rings. The fourth-order valence-corrected chi connectivity index (χ4v) is 1.19. The van der Waals surface area contributed by atoms with E-state index in [9.17, 15) is 13.2 Å². The predicted molar refractivity (Wildman–Crippen MR) is 62.7 cm³/mol. The molecule has 0 unspecified atom stereocenters. The lowest BCUT2D eigenvalue weighted by Crippen LogP contribution is -2.07. The third-order valence-electron chi connectivity index (χ3n) is 2.03. The van der Waals surface area contributed by atoms with E-state index in [-0.39, 0.29) is 0 Å². The molecule has 0 atom stereocenters. The van der Waals surface area contributed by atoms with Gasteiger partial charge in [-0.1, -0.05) is 5.16 Å². The van der Waals surface area contributed by atoms with Gasteiger partial charge < -0.3 is 4.84 Å². The van der Waals surface area contributed by atoms with Crippen LogP contribution in [0.2, 0.25) is 0 Å². The van der Waals surface area contributed by atoms with Gasteiger partial charge in [0.05, 0.1) is 11.3 Å². The maximum atomic E-state index is 12.3. The summed E-state index contributed by atoms with van der Waals surface area (Å²) in [4.78, 5) is 8.62. The van der Waals surface area contributed by atoms with E-state index < -0.39 is 11.7 Å². The van der Waals surface area contributed by atoms with Crippen LogP contribution in [0, 0.1) is 0 Å². The van der Waals surface area contributed by atoms with Crippen LogP contribution in [0.1, 0.15) is 24.6 Å². The fourth-order valence-electron chi connectivity index (χ4n) is 1.08. The Labute approximate surface area is 108 Å². The topological polar surface area (TPSA) is 34.5 Å². The first-order valence-corrected chi connectivity index (χ1v) is 5.74. The first-order chi connectivity index (χ1) is 8.45. The van der Waals surface area contributed by atoms with E-state index in [2.05, 4.69) is 10.1 Å². The number of aromatic nitrogens is 1. The van der Waals surface area contributed by atoms with Crippen LogP contribution in [0.15, 0.2) is 23.5 Å². The van der Waals surface area contributed by atoms with Crippen LogP contribution in [0.4, 0.5) is 13.2 Å². The van der Waals surface area contributed by atoms with Crippen LogP contribution in [0.5, 0.6) is 0 Å². The Morgan fingerprint density at radius 2 is 2.17 bits per heavy atom. The summed E-state index contributed by atoms with van der Waals surface area (Å²) in [6.45, 7) is 1.97. The summed E-state index contributed by atoms with van der Waals surface area (Å²) < 4.78 is 36.9. The number of oxime groups is 1. The van der Waals surface area contributed by atoms with Gasteiger partial charge in [-0.2, -0.15) is 13.2 Å². The summed E-state index contributed by atoms with van der Waals surface area (Å²) in [7, 11) is 0.